The molecule has 1 fully saturated rings. The fraction of sp³-hybridized carbons (Fsp3) is 0.500. The van der Waals surface area contributed by atoms with E-state index in [-0.39, 0.29) is 5.91 Å². The summed E-state index contributed by atoms with van der Waals surface area (Å²) in [5.41, 5.74) is 3.92. The monoisotopic (exact) mass is 262 g/mol. The number of hydrazine groups is 1. The van der Waals surface area contributed by atoms with E-state index >= 15 is 0 Å². The van der Waals surface area contributed by atoms with Gasteiger partial charge in [-0.2, -0.15) is 0 Å². The van der Waals surface area contributed by atoms with Crippen molar-refractivity contribution in [1.29, 1.82) is 0 Å². The fourth-order valence-corrected chi connectivity index (χ4v) is 2.46. The minimum absolute atomic E-state index is 0.220. The lowest BCUT2D eigenvalue weighted by molar-refractivity contribution is 0.0949. The Morgan fingerprint density at radius 1 is 1.21 bits per heavy atom. The van der Waals surface area contributed by atoms with Gasteiger partial charge in [-0.25, -0.2) is 5.84 Å². The van der Waals surface area contributed by atoms with Gasteiger partial charge in [0.05, 0.1) is 0 Å². The highest BCUT2D eigenvalue weighted by atomic mass is 16.2. The minimum atomic E-state index is -0.220. The summed E-state index contributed by atoms with van der Waals surface area (Å²) in [6, 6.07) is 7.64. The van der Waals surface area contributed by atoms with Crippen molar-refractivity contribution in [1.82, 2.24) is 15.2 Å². The average molecular weight is 262 g/mol. The largest absolute Gasteiger partial charge is 0.301 e. The summed E-state index contributed by atoms with van der Waals surface area (Å²) in [7, 11) is 0. The van der Waals surface area contributed by atoms with E-state index in [2.05, 4.69) is 22.1 Å². The molecular formula is C14H22N4O. The van der Waals surface area contributed by atoms with Crippen molar-refractivity contribution in [3.05, 3.63) is 35.4 Å². The summed E-state index contributed by atoms with van der Waals surface area (Å²) in [4.78, 5) is 16.5. The maximum Gasteiger partial charge on any atom is 0.265 e. The van der Waals surface area contributed by atoms with Crippen LogP contribution >= 0.6 is 0 Å². The van der Waals surface area contributed by atoms with Gasteiger partial charge in [0.2, 0.25) is 0 Å². The van der Waals surface area contributed by atoms with Crippen molar-refractivity contribution in [2.45, 2.75) is 13.5 Å². The third-order valence-corrected chi connectivity index (χ3v) is 3.70. The van der Waals surface area contributed by atoms with Gasteiger partial charge in [0.1, 0.15) is 0 Å². The molecule has 0 aliphatic carbocycles. The molecule has 1 aromatic rings. The molecule has 1 amide bonds. The summed E-state index contributed by atoms with van der Waals surface area (Å²) in [6.07, 6.45) is 0. The summed E-state index contributed by atoms with van der Waals surface area (Å²) in [5, 5.41) is 0. The Morgan fingerprint density at radius 2 is 1.84 bits per heavy atom. The van der Waals surface area contributed by atoms with Crippen LogP contribution in [0.15, 0.2) is 24.3 Å². The van der Waals surface area contributed by atoms with Crippen LogP contribution in [0.1, 0.15) is 22.8 Å². The van der Waals surface area contributed by atoms with Crippen LogP contribution in [0.2, 0.25) is 0 Å². The highest BCUT2D eigenvalue weighted by molar-refractivity contribution is 5.95. The van der Waals surface area contributed by atoms with E-state index < -0.39 is 0 Å². The van der Waals surface area contributed by atoms with Crippen molar-refractivity contribution in [2.75, 3.05) is 32.7 Å². The van der Waals surface area contributed by atoms with Crippen molar-refractivity contribution in [3.63, 3.8) is 0 Å². The van der Waals surface area contributed by atoms with Crippen molar-refractivity contribution in [3.8, 4) is 0 Å². The first-order valence-corrected chi connectivity index (χ1v) is 6.78. The van der Waals surface area contributed by atoms with E-state index in [9.17, 15) is 4.79 Å². The third kappa shape index (κ3) is 3.53. The highest BCUT2D eigenvalue weighted by Crippen LogP contribution is 2.13. The van der Waals surface area contributed by atoms with Crippen LogP contribution in [0.3, 0.4) is 0 Å². The first kappa shape index (κ1) is 14.0. The van der Waals surface area contributed by atoms with Gasteiger partial charge < -0.3 is 4.90 Å². The summed E-state index contributed by atoms with van der Waals surface area (Å²) < 4.78 is 0. The van der Waals surface area contributed by atoms with E-state index in [0.29, 0.717) is 5.56 Å². The molecule has 0 unspecified atom stereocenters. The minimum Gasteiger partial charge on any atom is -0.301 e. The Balaban J connectivity index is 2.01. The molecule has 2 rings (SSSR count). The predicted octanol–water partition coefficient (Wildman–Crippen LogP) is 0.428. The van der Waals surface area contributed by atoms with Gasteiger partial charge in [0.25, 0.3) is 5.91 Å². The molecular weight excluding hydrogens is 240 g/mol. The summed E-state index contributed by atoms with van der Waals surface area (Å²) in [6.45, 7) is 8.40. The SMILES string of the molecule is CCN1CCN(Cc2ccccc2C(=O)NN)CC1. The molecule has 1 aliphatic heterocycles. The molecule has 3 N–H and O–H groups in total. The molecule has 0 radical (unpaired) electrons. The lowest BCUT2D eigenvalue weighted by Crippen LogP contribution is -2.45. The molecule has 0 spiro atoms. The second-order valence-electron chi connectivity index (χ2n) is 4.84. The number of carbonyl (C=O) groups is 1. The molecule has 1 heterocycles. The topological polar surface area (TPSA) is 61.6 Å². The van der Waals surface area contributed by atoms with Crippen LogP contribution in [-0.2, 0) is 6.54 Å². The van der Waals surface area contributed by atoms with Crippen molar-refractivity contribution >= 4 is 5.91 Å². The van der Waals surface area contributed by atoms with Gasteiger partial charge in [0.15, 0.2) is 0 Å². The maximum atomic E-state index is 11.7. The molecule has 0 saturated carbocycles. The number of rotatable bonds is 4. The smallest absolute Gasteiger partial charge is 0.265 e. The van der Waals surface area contributed by atoms with E-state index in [4.69, 9.17) is 5.84 Å². The summed E-state index contributed by atoms with van der Waals surface area (Å²) in [5.74, 6) is 5.00. The number of likely N-dealkylation sites (N-methyl/N-ethyl adjacent to an activating group) is 1. The molecule has 5 heteroatoms. The first-order chi connectivity index (χ1) is 9.24. The number of hydrogen-bond donors (Lipinski definition) is 2. The molecule has 104 valence electrons. The number of benzene rings is 1. The van der Waals surface area contributed by atoms with Crippen LogP contribution in [0.5, 0.6) is 0 Å². The van der Waals surface area contributed by atoms with Gasteiger partial charge >= 0.3 is 0 Å². The van der Waals surface area contributed by atoms with Crippen LogP contribution in [0.4, 0.5) is 0 Å². The van der Waals surface area contributed by atoms with Crippen molar-refractivity contribution < 1.29 is 4.79 Å². The van der Waals surface area contributed by atoms with Gasteiger partial charge in [-0.3, -0.25) is 15.1 Å². The first-order valence-electron chi connectivity index (χ1n) is 6.78. The molecule has 0 bridgehead atoms. The Bertz CT molecular complexity index is 427. The lowest BCUT2D eigenvalue weighted by atomic mass is 10.1. The Labute approximate surface area is 114 Å². The highest BCUT2D eigenvalue weighted by Gasteiger charge is 2.17. The standard InChI is InChI=1S/C14H22N4O/c1-2-17-7-9-18(10-8-17)11-12-5-3-4-6-13(12)14(19)16-15/h3-6H,2,7-11,15H2,1H3,(H,16,19). The quantitative estimate of drug-likeness (QED) is 0.469. The van der Waals surface area contributed by atoms with Gasteiger partial charge in [-0.15, -0.1) is 0 Å². The van der Waals surface area contributed by atoms with E-state index in [1.165, 1.54) is 0 Å². The number of nitrogens with zero attached hydrogens (tertiary/aromatic N) is 2. The maximum absolute atomic E-state index is 11.7. The van der Waals surface area contributed by atoms with Gasteiger partial charge in [-0.1, -0.05) is 25.1 Å². The van der Waals surface area contributed by atoms with Gasteiger partial charge in [-0.05, 0) is 18.2 Å². The number of amides is 1. The lowest BCUT2D eigenvalue weighted by Gasteiger charge is -2.34. The number of carbonyl (C=O) groups excluding carboxylic acids is 1. The molecule has 0 atom stereocenters. The fourth-order valence-electron chi connectivity index (χ4n) is 2.46. The number of nitrogens with two attached hydrogens (primary N) is 1. The predicted molar refractivity (Wildman–Crippen MR) is 75.5 cm³/mol. The average Bonchev–Trinajstić information content (AvgIpc) is 2.48. The van der Waals surface area contributed by atoms with Crippen LogP contribution in [0, 0.1) is 0 Å². The number of piperazine rings is 1. The molecule has 1 aliphatic rings. The Hall–Kier alpha value is -1.43. The molecule has 0 aromatic heterocycles. The molecule has 5 nitrogen and oxygen atoms in total. The normalized spacial score (nSPS) is 17.4. The number of hydrogen-bond acceptors (Lipinski definition) is 4. The van der Waals surface area contributed by atoms with Crippen LogP contribution < -0.4 is 11.3 Å². The van der Waals surface area contributed by atoms with Gasteiger partial charge in [0, 0.05) is 38.3 Å². The van der Waals surface area contributed by atoms with E-state index in [1.807, 2.05) is 24.3 Å². The second-order valence-corrected chi connectivity index (χ2v) is 4.84. The van der Waals surface area contributed by atoms with E-state index in [0.717, 1.165) is 44.8 Å². The molecule has 1 saturated heterocycles. The molecule has 19 heavy (non-hydrogen) atoms. The second kappa shape index (κ2) is 6.65. The zero-order valence-corrected chi connectivity index (χ0v) is 11.4. The van der Waals surface area contributed by atoms with Crippen LogP contribution in [0.25, 0.3) is 0 Å². The zero-order chi connectivity index (χ0) is 13.7. The van der Waals surface area contributed by atoms with Crippen LogP contribution in [-0.4, -0.2) is 48.4 Å². The molecule has 1 aromatic carbocycles. The summed E-state index contributed by atoms with van der Waals surface area (Å²) >= 11 is 0. The third-order valence-electron chi connectivity index (χ3n) is 3.70. The Kier molecular flexibility index (Phi) is 4.90. The number of nitrogen functional groups attached to an aromatic ring is 1. The number of nitrogens with one attached hydrogen (secondary N) is 1. The van der Waals surface area contributed by atoms with Crippen molar-refractivity contribution in [2.24, 2.45) is 5.84 Å². The van der Waals surface area contributed by atoms with E-state index in [1.54, 1.807) is 0 Å². The Morgan fingerprint density at radius 3 is 2.47 bits per heavy atom. The zero-order valence-electron chi connectivity index (χ0n) is 11.4.